The van der Waals surface area contributed by atoms with E-state index in [-0.39, 0.29) is 5.50 Å². The molecule has 12 heavy (non-hydrogen) atoms. The summed E-state index contributed by atoms with van der Waals surface area (Å²) in [6, 6.07) is 7.53. The van der Waals surface area contributed by atoms with Crippen LogP contribution in [0.1, 0.15) is 5.56 Å². The molecule has 0 aliphatic carbocycles. The molecule has 0 aromatic heterocycles. The molecule has 1 aromatic carbocycles. The van der Waals surface area contributed by atoms with Crippen LogP contribution in [-0.2, 0) is 0 Å². The van der Waals surface area contributed by atoms with Gasteiger partial charge in [0.25, 0.3) is 0 Å². The normalized spacial score (nSPS) is 18.8. The summed E-state index contributed by atoms with van der Waals surface area (Å²) in [5.41, 5.74) is 2.54. The zero-order valence-electron chi connectivity index (χ0n) is 6.20. The standard InChI is InChI=1S/C8H7N3S/c9-4-5-1-2-6-7(3-5)11-8(12)10-6/h1-3,8,10-12H. The zero-order valence-corrected chi connectivity index (χ0v) is 7.10. The smallest absolute Gasteiger partial charge is 0.143 e. The second kappa shape index (κ2) is 2.61. The van der Waals surface area contributed by atoms with Crippen LogP contribution in [-0.4, -0.2) is 5.50 Å². The molecule has 0 saturated heterocycles. The van der Waals surface area contributed by atoms with Crippen LogP contribution in [0.15, 0.2) is 18.2 Å². The zero-order chi connectivity index (χ0) is 8.55. The highest BCUT2D eigenvalue weighted by Gasteiger charge is 2.15. The van der Waals surface area contributed by atoms with Crippen LogP contribution in [0.4, 0.5) is 11.4 Å². The lowest BCUT2D eigenvalue weighted by Gasteiger charge is -2.00. The second-order valence-electron chi connectivity index (χ2n) is 2.56. The van der Waals surface area contributed by atoms with Crippen molar-refractivity contribution >= 4 is 24.0 Å². The Hall–Kier alpha value is -1.34. The Morgan fingerprint density at radius 1 is 1.33 bits per heavy atom. The minimum Gasteiger partial charge on any atom is -0.355 e. The van der Waals surface area contributed by atoms with Gasteiger partial charge in [-0.2, -0.15) is 5.26 Å². The van der Waals surface area contributed by atoms with Crippen molar-refractivity contribution in [2.45, 2.75) is 5.50 Å². The largest absolute Gasteiger partial charge is 0.355 e. The molecule has 0 amide bonds. The second-order valence-corrected chi connectivity index (χ2v) is 3.08. The van der Waals surface area contributed by atoms with E-state index >= 15 is 0 Å². The van der Waals surface area contributed by atoms with Crippen molar-refractivity contribution in [2.24, 2.45) is 0 Å². The summed E-state index contributed by atoms with van der Waals surface area (Å²) >= 11 is 4.20. The van der Waals surface area contributed by atoms with Crippen molar-refractivity contribution in [3.8, 4) is 6.07 Å². The van der Waals surface area contributed by atoms with Crippen LogP contribution in [0, 0.1) is 11.3 Å². The van der Waals surface area contributed by atoms with Gasteiger partial charge in [-0.05, 0) is 18.2 Å². The molecular formula is C8H7N3S. The molecule has 60 valence electrons. The van der Waals surface area contributed by atoms with Gasteiger partial charge in [0.15, 0.2) is 0 Å². The molecule has 0 fully saturated rings. The quantitative estimate of drug-likeness (QED) is 0.528. The third kappa shape index (κ3) is 1.08. The lowest BCUT2D eigenvalue weighted by molar-refractivity contribution is 1.22. The molecule has 1 unspecified atom stereocenters. The first-order valence-electron chi connectivity index (χ1n) is 3.55. The fourth-order valence-electron chi connectivity index (χ4n) is 1.19. The van der Waals surface area contributed by atoms with E-state index in [2.05, 4.69) is 29.3 Å². The summed E-state index contributed by atoms with van der Waals surface area (Å²) in [6.45, 7) is 0. The van der Waals surface area contributed by atoms with Crippen LogP contribution in [0.5, 0.6) is 0 Å². The van der Waals surface area contributed by atoms with E-state index < -0.39 is 0 Å². The fourth-order valence-corrected chi connectivity index (χ4v) is 1.47. The summed E-state index contributed by atoms with van der Waals surface area (Å²) in [4.78, 5) is 0. The summed E-state index contributed by atoms with van der Waals surface area (Å²) < 4.78 is 0. The van der Waals surface area contributed by atoms with E-state index in [0.29, 0.717) is 5.56 Å². The maximum absolute atomic E-state index is 8.62. The SMILES string of the molecule is N#Cc1ccc2c(c1)NC(S)N2. The lowest BCUT2D eigenvalue weighted by Crippen LogP contribution is -2.12. The van der Waals surface area contributed by atoms with E-state index in [1.165, 1.54) is 0 Å². The number of thiol groups is 1. The molecule has 2 N–H and O–H groups in total. The van der Waals surface area contributed by atoms with Crippen molar-refractivity contribution in [3.63, 3.8) is 0 Å². The van der Waals surface area contributed by atoms with Gasteiger partial charge in [0, 0.05) is 0 Å². The van der Waals surface area contributed by atoms with Gasteiger partial charge < -0.3 is 10.6 Å². The van der Waals surface area contributed by atoms with Crippen LogP contribution in [0.2, 0.25) is 0 Å². The topological polar surface area (TPSA) is 47.9 Å². The first-order valence-corrected chi connectivity index (χ1v) is 4.06. The van der Waals surface area contributed by atoms with E-state index in [4.69, 9.17) is 5.26 Å². The highest BCUT2D eigenvalue weighted by atomic mass is 32.1. The fraction of sp³-hybridized carbons (Fsp3) is 0.125. The Bertz CT molecular complexity index is 356. The Labute approximate surface area is 75.8 Å². The number of benzene rings is 1. The van der Waals surface area contributed by atoms with Gasteiger partial charge in [-0.25, -0.2) is 0 Å². The average molecular weight is 177 g/mol. The number of hydrogen-bond donors (Lipinski definition) is 3. The number of nitrogens with zero attached hydrogens (tertiary/aromatic N) is 1. The highest BCUT2D eigenvalue weighted by molar-refractivity contribution is 7.81. The van der Waals surface area contributed by atoms with Crippen molar-refractivity contribution in [1.29, 1.82) is 5.26 Å². The first-order chi connectivity index (χ1) is 5.79. The predicted octanol–water partition coefficient (Wildman–Crippen LogP) is 1.61. The maximum atomic E-state index is 8.62. The van der Waals surface area contributed by atoms with Gasteiger partial charge in [0.2, 0.25) is 0 Å². The van der Waals surface area contributed by atoms with E-state index in [1.54, 1.807) is 12.1 Å². The van der Waals surface area contributed by atoms with Crippen LogP contribution < -0.4 is 10.6 Å². The Balaban J connectivity index is 2.44. The molecule has 3 nitrogen and oxygen atoms in total. The highest BCUT2D eigenvalue weighted by Crippen LogP contribution is 2.30. The summed E-state index contributed by atoms with van der Waals surface area (Å²) in [7, 11) is 0. The van der Waals surface area contributed by atoms with E-state index in [1.807, 2.05) is 6.07 Å². The minimum absolute atomic E-state index is 0.0473. The van der Waals surface area contributed by atoms with Crippen LogP contribution >= 0.6 is 12.6 Å². The van der Waals surface area contributed by atoms with Crippen molar-refractivity contribution < 1.29 is 0 Å². The molecule has 1 aromatic rings. The van der Waals surface area contributed by atoms with Crippen molar-refractivity contribution in [3.05, 3.63) is 23.8 Å². The number of rotatable bonds is 0. The molecule has 1 aliphatic rings. The molecule has 2 rings (SSSR count). The van der Waals surface area contributed by atoms with E-state index in [0.717, 1.165) is 11.4 Å². The maximum Gasteiger partial charge on any atom is 0.143 e. The summed E-state index contributed by atoms with van der Waals surface area (Å²) in [5.74, 6) is 0. The summed E-state index contributed by atoms with van der Waals surface area (Å²) in [6.07, 6.45) is 0. The molecular weight excluding hydrogens is 170 g/mol. The molecule has 0 radical (unpaired) electrons. The number of anilines is 2. The number of hydrogen-bond acceptors (Lipinski definition) is 4. The molecule has 1 atom stereocenters. The van der Waals surface area contributed by atoms with Gasteiger partial charge in [0.05, 0.1) is 23.0 Å². The van der Waals surface area contributed by atoms with Gasteiger partial charge in [-0.15, -0.1) is 12.6 Å². The lowest BCUT2D eigenvalue weighted by atomic mass is 10.2. The third-order valence-corrected chi connectivity index (χ3v) is 1.99. The van der Waals surface area contributed by atoms with Gasteiger partial charge in [-0.3, -0.25) is 0 Å². The third-order valence-electron chi connectivity index (χ3n) is 1.73. The molecule has 0 saturated carbocycles. The Kier molecular flexibility index (Phi) is 1.59. The average Bonchev–Trinajstić information content (AvgIpc) is 2.43. The monoisotopic (exact) mass is 177 g/mol. The number of nitrogens with one attached hydrogen (secondary N) is 2. The molecule has 1 heterocycles. The van der Waals surface area contributed by atoms with Crippen LogP contribution in [0.3, 0.4) is 0 Å². The van der Waals surface area contributed by atoms with Gasteiger partial charge in [-0.1, -0.05) is 0 Å². The number of fused-ring (bicyclic) bond motifs is 1. The van der Waals surface area contributed by atoms with Crippen molar-refractivity contribution in [1.82, 2.24) is 0 Å². The van der Waals surface area contributed by atoms with Gasteiger partial charge >= 0.3 is 0 Å². The van der Waals surface area contributed by atoms with Crippen molar-refractivity contribution in [2.75, 3.05) is 10.6 Å². The number of nitriles is 1. The minimum atomic E-state index is -0.0473. The van der Waals surface area contributed by atoms with Gasteiger partial charge in [0.1, 0.15) is 5.50 Å². The Morgan fingerprint density at radius 2 is 2.08 bits per heavy atom. The van der Waals surface area contributed by atoms with Crippen LogP contribution in [0.25, 0.3) is 0 Å². The predicted molar refractivity (Wildman–Crippen MR) is 51.2 cm³/mol. The first kappa shape index (κ1) is 7.32. The molecule has 4 heteroatoms. The molecule has 0 bridgehead atoms. The Morgan fingerprint density at radius 3 is 2.83 bits per heavy atom. The summed E-state index contributed by atoms with van der Waals surface area (Å²) in [5, 5.41) is 14.8. The molecule has 0 spiro atoms. The molecule has 1 aliphatic heterocycles. The van der Waals surface area contributed by atoms with E-state index in [9.17, 15) is 0 Å².